The van der Waals surface area contributed by atoms with Gasteiger partial charge in [-0.25, -0.2) is 13.2 Å². The van der Waals surface area contributed by atoms with Gasteiger partial charge < -0.3 is 19.5 Å². The predicted octanol–water partition coefficient (Wildman–Crippen LogP) is 5.00. The Kier molecular flexibility index (Phi) is 8.97. The average Bonchev–Trinajstić information content (AvgIpc) is 2.91. The number of anilines is 2. The minimum Gasteiger partial charge on any atom is -0.493 e. The second kappa shape index (κ2) is 11.8. The van der Waals surface area contributed by atoms with E-state index in [1.165, 1.54) is 50.6 Å². The summed E-state index contributed by atoms with van der Waals surface area (Å²) in [6.07, 6.45) is -4.90. The number of methoxy groups -OCH3 is 3. The zero-order valence-corrected chi connectivity index (χ0v) is 22.3. The number of esters is 1. The van der Waals surface area contributed by atoms with Crippen LogP contribution in [0.2, 0.25) is 5.02 Å². The van der Waals surface area contributed by atoms with Gasteiger partial charge in [-0.05, 0) is 30.3 Å². The van der Waals surface area contributed by atoms with Gasteiger partial charge in [0.05, 0.1) is 53.7 Å². The normalized spacial score (nSPS) is 11.5. The summed E-state index contributed by atoms with van der Waals surface area (Å²) in [7, 11) is -0.799. The van der Waals surface area contributed by atoms with E-state index in [0.717, 1.165) is 19.2 Å². The summed E-state index contributed by atoms with van der Waals surface area (Å²) < 4.78 is 83.2. The third-order valence-corrected chi connectivity index (χ3v) is 7.48. The van der Waals surface area contributed by atoms with Crippen LogP contribution in [0.1, 0.15) is 15.9 Å². The van der Waals surface area contributed by atoms with Crippen LogP contribution in [0.3, 0.4) is 0 Å². The molecule has 0 bridgehead atoms. The molecule has 0 heterocycles. The van der Waals surface area contributed by atoms with Gasteiger partial charge in [-0.15, -0.1) is 0 Å². The third kappa shape index (κ3) is 6.55. The molecule has 3 rings (SSSR count). The van der Waals surface area contributed by atoms with Crippen LogP contribution in [-0.4, -0.2) is 48.2 Å². The molecule has 208 valence electrons. The van der Waals surface area contributed by atoms with Gasteiger partial charge >= 0.3 is 12.1 Å². The Balaban J connectivity index is 2.09. The number of alkyl halides is 3. The lowest BCUT2D eigenvalue weighted by atomic mass is 10.1. The summed E-state index contributed by atoms with van der Waals surface area (Å²) in [5, 5.41) is 1.75. The molecule has 0 aliphatic heterocycles. The number of ether oxygens (including phenoxy) is 3. The monoisotopic (exact) mass is 586 g/mol. The first kappa shape index (κ1) is 29.6. The number of nitrogens with one attached hydrogen (secondary N) is 1. The Hall–Kier alpha value is -3.97. The maximum Gasteiger partial charge on any atom is 0.417 e. The SMILES string of the molecule is COC(=O)c1cc(OC)c(OC)cc1NC(=O)CN(c1ccc(Cl)c(C(F)(F)F)c1)S(=O)(=O)c1ccccc1. The maximum atomic E-state index is 13.6. The molecule has 0 spiro atoms. The van der Waals surface area contributed by atoms with Crippen molar-refractivity contribution in [1.29, 1.82) is 0 Å². The first-order chi connectivity index (χ1) is 18.3. The smallest absolute Gasteiger partial charge is 0.417 e. The van der Waals surface area contributed by atoms with Crippen LogP contribution in [0.4, 0.5) is 24.5 Å². The molecule has 0 unspecified atom stereocenters. The molecular formula is C25H22ClF3N2O7S. The second-order valence-electron chi connectivity index (χ2n) is 7.78. The van der Waals surface area contributed by atoms with Crippen molar-refractivity contribution in [1.82, 2.24) is 0 Å². The lowest BCUT2D eigenvalue weighted by Gasteiger charge is -2.25. The Morgan fingerprint density at radius 3 is 2.13 bits per heavy atom. The van der Waals surface area contributed by atoms with Gasteiger partial charge in [0.1, 0.15) is 6.54 Å². The fourth-order valence-electron chi connectivity index (χ4n) is 3.50. The molecule has 1 amide bonds. The molecule has 0 aromatic heterocycles. The Morgan fingerprint density at radius 2 is 1.56 bits per heavy atom. The van der Waals surface area contributed by atoms with E-state index >= 15 is 0 Å². The molecule has 39 heavy (non-hydrogen) atoms. The number of amides is 1. The molecule has 9 nitrogen and oxygen atoms in total. The summed E-state index contributed by atoms with van der Waals surface area (Å²) in [5.41, 5.74) is -2.02. The van der Waals surface area contributed by atoms with Crippen LogP contribution in [0.25, 0.3) is 0 Å². The van der Waals surface area contributed by atoms with Crippen LogP contribution in [-0.2, 0) is 25.7 Å². The number of hydrogen-bond donors (Lipinski definition) is 1. The lowest BCUT2D eigenvalue weighted by molar-refractivity contribution is -0.137. The number of nitrogens with zero attached hydrogens (tertiary/aromatic N) is 1. The fourth-order valence-corrected chi connectivity index (χ4v) is 5.16. The average molecular weight is 587 g/mol. The Labute approximate surface area is 227 Å². The van der Waals surface area contributed by atoms with Gasteiger partial charge in [0, 0.05) is 12.1 Å². The zero-order chi connectivity index (χ0) is 29.0. The molecule has 0 aliphatic carbocycles. The van der Waals surface area contributed by atoms with Crippen molar-refractivity contribution in [2.75, 3.05) is 37.5 Å². The third-order valence-electron chi connectivity index (χ3n) is 5.36. The van der Waals surface area contributed by atoms with E-state index in [1.807, 2.05) is 0 Å². The summed E-state index contributed by atoms with van der Waals surface area (Å²) >= 11 is 5.71. The summed E-state index contributed by atoms with van der Waals surface area (Å²) in [6, 6.07) is 11.8. The molecule has 1 N–H and O–H groups in total. The van der Waals surface area contributed by atoms with Crippen LogP contribution in [0.15, 0.2) is 65.6 Å². The van der Waals surface area contributed by atoms with Gasteiger partial charge in [0.15, 0.2) is 11.5 Å². The standard InChI is InChI=1S/C25H22ClF3N2O7S/c1-36-21-12-17(24(33)38-3)20(13-22(21)37-2)30-23(32)14-31(39(34,35)16-7-5-4-6-8-16)15-9-10-19(26)18(11-15)25(27,28)29/h4-13H,14H2,1-3H3,(H,30,32). The molecule has 0 saturated heterocycles. The molecule has 3 aromatic carbocycles. The minimum atomic E-state index is -4.90. The van der Waals surface area contributed by atoms with E-state index in [4.69, 9.17) is 25.8 Å². The van der Waals surface area contributed by atoms with Crippen molar-refractivity contribution in [3.05, 3.63) is 76.8 Å². The van der Waals surface area contributed by atoms with E-state index in [2.05, 4.69) is 5.32 Å². The number of rotatable bonds is 9. The number of sulfonamides is 1. The van der Waals surface area contributed by atoms with Crippen molar-refractivity contribution < 1.29 is 45.4 Å². The Bertz CT molecular complexity index is 1480. The molecule has 14 heteroatoms. The second-order valence-corrected chi connectivity index (χ2v) is 10.0. The summed E-state index contributed by atoms with van der Waals surface area (Å²) in [4.78, 5) is 25.2. The number of halogens is 4. The number of hydrogen-bond acceptors (Lipinski definition) is 7. The largest absolute Gasteiger partial charge is 0.493 e. The van der Waals surface area contributed by atoms with Gasteiger partial charge in [-0.2, -0.15) is 13.2 Å². The van der Waals surface area contributed by atoms with Crippen molar-refractivity contribution in [3.63, 3.8) is 0 Å². The minimum absolute atomic E-state index is 0.117. The highest BCUT2D eigenvalue weighted by atomic mass is 35.5. The summed E-state index contributed by atoms with van der Waals surface area (Å²) in [5.74, 6) is -1.57. The van der Waals surface area contributed by atoms with Crippen LogP contribution >= 0.6 is 11.6 Å². The molecule has 0 radical (unpaired) electrons. The van der Waals surface area contributed by atoms with E-state index in [9.17, 15) is 31.2 Å². The van der Waals surface area contributed by atoms with Gasteiger partial charge in [-0.3, -0.25) is 9.10 Å². The fraction of sp³-hybridized carbons (Fsp3) is 0.200. The molecule has 0 atom stereocenters. The van der Waals surface area contributed by atoms with Gasteiger partial charge in [0.25, 0.3) is 10.0 Å². The highest BCUT2D eigenvalue weighted by molar-refractivity contribution is 7.92. The molecule has 0 saturated carbocycles. The van der Waals surface area contributed by atoms with Crippen LogP contribution < -0.4 is 19.1 Å². The molecule has 3 aromatic rings. The quantitative estimate of drug-likeness (QED) is 0.351. The van der Waals surface area contributed by atoms with Crippen LogP contribution in [0, 0.1) is 0 Å². The van der Waals surface area contributed by atoms with Crippen molar-refractivity contribution in [2.45, 2.75) is 11.1 Å². The number of benzene rings is 3. The van der Waals surface area contributed by atoms with Crippen molar-refractivity contribution in [3.8, 4) is 11.5 Å². The van der Waals surface area contributed by atoms with Crippen molar-refractivity contribution in [2.24, 2.45) is 0 Å². The van der Waals surface area contributed by atoms with E-state index < -0.39 is 50.9 Å². The first-order valence-corrected chi connectivity index (χ1v) is 12.7. The zero-order valence-electron chi connectivity index (χ0n) is 20.7. The number of carbonyl (C=O) groups excluding carboxylic acids is 2. The van der Waals surface area contributed by atoms with E-state index in [1.54, 1.807) is 6.07 Å². The van der Waals surface area contributed by atoms with Gasteiger partial charge in [-0.1, -0.05) is 29.8 Å². The summed E-state index contributed by atoms with van der Waals surface area (Å²) in [6.45, 7) is -0.967. The molecule has 0 aliphatic rings. The highest BCUT2D eigenvalue weighted by Gasteiger charge is 2.35. The maximum absolute atomic E-state index is 13.6. The van der Waals surface area contributed by atoms with Crippen molar-refractivity contribution >= 4 is 44.9 Å². The molecular weight excluding hydrogens is 565 g/mol. The van der Waals surface area contributed by atoms with Gasteiger partial charge in [0.2, 0.25) is 5.91 Å². The topological polar surface area (TPSA) is 111 Å². The number of carbonyl (C=O) groups is 2. The Morgan fingerprint density at radius 1 is 0.949 bits per heavy atom. The predicted molar refractivity (Wildman–Crippen MR) is 137 cm³/mol. The lowest BCUT2D eigenvalue weighted by Crippen LogP contribution is -2.38. The first-order valence-electron chi connectivity index (χ1n) is 10.9. The van der Waals surface area contributed by atoms with E-state index in [-0.39, 0.29) is 27.6 Å². The molecule has 0 fully saturated rings. The van der Waals surface area contributed by atoms with E-state index in [0.29, 0.717) is 10.4 Å². The highest BCUT2D eigenvalue weighted by Crippen LogP contribution is 2.38. The van der Waals surface area contributed by atoms with Crippen LogP contribution in [0.5, 0.6) is 11.5 Å².